The van der Waals surface area contributed by atoms with E-state index in [4.69, 9.17) is 9.57 Å². The molecule has 2 amide bonds. The molecule has 1 aliphatic rings. The maximum atomic E-state index is 12.1. The number of benzene rings is 2. The first-order chi connectivity index (χ1) is 11.6. The van der Waals surface area contributed by atoms with Crippen LogP contribution in [0.15, 0.2) is 48.5 Å². The van der Waals surface area contributed by atoms with Crippen LogP contribution in [0.1, 0.15) is 32.7 Å². The zero-order chi connectivity index (χ0) is 17.1. The fourth-order valence-corrected chi connectivity index (χ4v) is 2.36. The first-order valence-electron chi connectivity index (χ1n) is 7.45. The molecule has 1 aliphatic heterocycles. The standard InChI is InChI=1S/C18H15NO5/c1-12-6-2-5-9-15(12)23-11-10-16(20)24-19-17(21)13-7-3-4-8-14(13)18(19)22/h2-9H,10-11H2,1H3. The lowest BCUT2D eigenvalue weighted by molar-refractivity contribution is -0.169. The fraction of sp³-hybridized carbons (Fsp3) is 0.167. The SMILES string of the molecule is Cc1ccccc1OCCC(=O)ON1C(=O)c2ccccc2C1=O. The lowest BCUT2D eigenvalue weighted by Crippen LogP contribution is -2.33. The van der Waals surface area contributed by atoms with E-state index in [1.807, 2.05) is 25.1 Å². The summed E-state index contributed by atoms with van der Waals surface area (Å²) in [4.78, 5) is 40.9. The van der Waals surface area contributed by atoms with Crippen LogP contribution in [-0.4, -0.2) is 29.5 Å². The number of carbonyl (C=O) groups excluding carboxylic acids is 3. The van der Waals surface area contributed by atoms with Crippen LogP contribution in [-0.2, 0) is 9.63 Å². The number of para-hydroxylation sites is 1. The van der Waals surface area contributed by atoms with E-state index in [1.54, 1.807) is 18.2 Å². The molecule has 0 aliphatic carbocycles. The molecule has 2 aromatic carbocycles. The van der Waals surface area contributed by atoms with Crippen LogP contribution in [0.4, 0.5) is 0 Å². The number of aryl methyl sites for hydroxylation is 1. The van der Waals surface area contributed by atoms with Crippen molar-refractivity contribution in [3.63, 3.8) is 0 Å². The number of imide groups is 1. The minimum absolute atomic E-state index is 0.0816. The van der Waals surface area contributed by atoms with Crippen molar-refractivity contribution in [1.29, 1.82) is 0 Å². The molecule has 0 spiro atoms. The smallest absolute Gasteiger partial charge is 0.336 e. The van der Waals surface area contributed by atoms with Crippen molar-refractivity contribution in [2.24, 2.45) is 0 Å². The van der Waals surface area contributed by atoms with Gasteiger partial charge in [-0.2, -0.15) is 0 Å². The Morgan fingerprint density at radius 3 is 2.17 bits per heavy atom. The van der Waals surface area contributed by atoms with Crippen LogP contribution in [0.3, 0.4) is 0 Å². The van der Waals surface area contributed by atoms with Crippen molar-refractivity contribution in [3.8, 4) is 5.75 Å². The fourth-order valence-electron chi connectivity index (χ4n) is 2.36. The molecule has 0 unspecified atom stereocenters. The number of rotatable bonds is 5. The average Bonchev–Trinajstić information content (AvgIpc) is 2.82. The lowest BCUT2D eigenvalue weighted by atomic mass is 10.1. The van der Waals surface area contributed by atoms with Gasteiger partial charge in [-0.3, -0.25) is 9.59 Å². The first kappa shape index (κ1) is 15.7. The van der Waals surface area contributed by atoms with Gasteiger partial charge in [0.25, 0.3) is 11.8 Å². The maximum Gasteiger partial charge on any atom is 0.336 e. The molecular formula is C18H15NO5. The Balaban J connectivity index is 1.56. The summed E-state index contributed by atoms with van der Waals surface area (Å²) in [5.74, 6) is -1.31. The highest BCUT2D eigenvalue weighted by Crippen LogP contribution is 2.23. The zero-order valence-electron chi connectivity index (χ0n) is 13.0. The molecule has 0 bridgehead atoms. The normalized spacial score (nSPS) is 13.0. The van der Waals surface area contributed by atoms with Crippen molar-refractivity contribution in [2.45, 2.75) is 13.3 Å². The number of amides is 2. The molecule has 1 heterocycles. The number of hydrogen-bond donors (Lipinski definition) is 0. The number of hydroxylamine groups is 2. The Bertz CT molecular complexity index is 780. The van der Waals surface area contributed by atoms with E-state index in [-0.39, 0.29) is 24.2 Å². The van der Waals surface area contributed by atoms with E-state index < -0.39 is 17.8 Å². The van der Waals surface area contributed by atoms with Gasteiger partial charge in [0.2, 0.25) is 0 Å². The van der Waals surface area contributed by atoms with Crippen molar-refractivity contribution >= 4 is 17.8 Å². The first-order valence-corrected chi connectivity index (χ1v) is 7.45. The van der Waals surface area contributed by atoms with Gasteiger partial charge >= 0.3 is 5.97 Å². The summed E-state index contributed by atoms with van der Waals surface area (Å²) in [6.45, 7) is 1.99. The van der Waals surface area contributed by atoms with Gasteiger partial charge in [0.15, 0.2) is 0 Å². The van der Waals surface area contributed by atoms with Gasteiger partial charge in [-0.1, -0.05) is 35.4 Å². The van der Waals surface area contributed by atoms with Crippen molar-refractivity contribution < 1.29 is 24.0 Å². The molecule has 0 atom stereocenters. The van der Waals surface area contributed by atoms with Crippen molar-refractivity contribution in [3.05, 3.63) is 65.2 Å². The number of hydrogen-bond acceptors (Lipinski definition) is 5. The Morgan fingerprint density at radius 1 is 0.958 bits per heavy atom. The van der Waals surface area contributed by atoms with Crippen LogP contribution >= 0.6 is 0 Å². The van der Waals surface area contributed by atoms with Gasteiger partial charge in [0, 0.05) is 0 Å². The highest BCUT2D eigenvalue weighted by molar-refractivity contribution is 6.20. The van der Waals surface area contributed by atoms with Gasteiger partial charge in [-0.15, -0.1) is 0 Å². The van der Waals surface area contributed by atoms with Crippen molar-refractivity contribution in [1.82, 2.24) is 5.06 Å². The van der Waals surface area contributed by atoms with E-state index in [9.17, 15) is 14.4 Å². The zero-order valence-corrected chi connectivity index (χ0v) is 13.0. The molecule has 0 N–H and O–H groups in total. The summed E-state index contributed by atoms with van der Waals surface area (Å²) >= 11 is 0. The maximum absolute atomic E-state index is 12.1. The summed E-state index contributed by atoms with van der Waals surface area (Å²) in [7, 11) is 0. The molecule has 24 heavy (non-hydrogen) atoms. The third-order valence-corrected chi connectivity index (χ3v) is 3.61. The Hall–Kier alpha value is -3.15. The van der Waals surface area contributed by atoms with E-state index in [1.165, 1.54) is 12.1 Å². The molecule has 0 saturated heterocycles. The van der Waals surface area contributed by atoms with Gasteiger partial charge in [0.1, 0.15) is 5.75 Å². The van der Waals surface area contributed by atoms with Crippen molar-refractivity contribution in [2.75, 3.05) is 6.61 Å². The van der Waals surface area contributed by atoms with Crippen LogP contribution in [0.2, 0.25) is 0 Å². The summed E-state index contributed by atoms with van der Waals surface area (Å²) in [6, 6.07) is 13.7. The molecule has 0 fully saturated rings. The van der Waals surface area contributed by atoms with E-state index >= 15 is 0 Å². The van der Waals surface area contributed by atoms with Gasteiger partial charge in [-0.25, -0.2) is 4.79 Å². The van der Waals surface area contributed by atoms with Crippen LogP contribution in [0.25, 0.3) is 0 Å². The Kier molecular flexibility index (Phi) is 4.29. The molecular weight excluding hydrogens is 310 g/mol. The topological polar surface area (TPSA) is 72.9 Å². The second kappa shape index (κ2) is 6.54. The quantitative estimate of drug-likeness (QED) is 0.790. The predicted molar refractivity (Wildman–Crippen MR) is 84.3 cm³/mol. The second-order valence-electron chi connectivity index (χ2n) is 5.28. The van der Waals surface area contributed by atoms with Gasteiger partial charge in [-0.05, 0) is 30.7 Å². The van der Waals surface area contributed by atoms with Crippen LogP contribution in [0.5, 0.6) is 5.75 Å². The minimum atomic E-state index is -0.710. The summed E-state index contributed by atoms with van der Waals surface area (Å²) in [6.07, 6.45) is -0.0816. The summed E-state index contributed by atoms with van der Waals surface area (Å²) in [5, 5.41) is 0.501. The van der Waals surface area contributed by atoms with Gasteiger partial charge < -0.3 is 9.57 Å². The monoisotopic (exact) mass is 325 g/mol. The third kappa shape index (κ3) is 2.99. The largest absolute Gasteiger partial charge is 0.493 e. The highest BCUT2D eigenvalue weighted by atomic mass is 16.7. The van der Waals surface area contributed by atoms with Crippen LogP contribution in [0, 0.1) is 6.92 Å². The van der Waals surface area contributed by atoms with Gasteiger partial charge in [0.05, 0.1) is 24.2 Å². The van der Waals surface area contributed by atoms with E-state index in [0.29, 0.717) is 10.8 Å². The molecule has 0 radical (unpaired) electrons. The number of nitrogens with zero attached hydrogens (tertiary/aromatic N) is 1. The molecule has 0 aromatic heterocycles. The molecule has 3 rings (SSSR count). The average molecular weight is 325 g/mol. The molecule has 0 saturated carbocycles. The predicted octanol–water partition coefficient (Wildman–Crippen LogP) is 2.52. The lowest BCUT2D eigenvalue weighted by Gasteiger charge is -2.13. The van der Waals surface area contributed by atoms with Crippen LogP contribution < -0.4 is 4.74 Å². The molecule has 6 heteroatoms. The number of carbonyl (C=O) groups is 3. The Morgan fingerprint density at radius 2 is 1.54 bits per heavy atom. The molecule has 2 aromatic rings. The molecule has 6 nitrogen and oxygen atoms in total. The minimum Gasteiger partial charge on any atom is -0.493 e. The summed E-state index contributed by atoms with van der Waals surface area (Å²) in [5.41, 5.74) is 1.41. The summed E-state index contributed by atoms with van der Waals surface area (Å²) < 4.78 is 5.50. The number of fused-ring (bicyclic) bond motifs is 1. The third-order valence-electron chi connectivity index (χ3n) is 3.61. The number of ether oxygens (including phenoxy) is 1. The van der Waals surface area contributed by atoms with E-state index in [0.717, 1.165) is 5.56 Å². The highest BCUT2D eigenvalue weighted by Gasteiger charge is 2.38. The molecule has 122 valence electrons. The van der Waals surface area contributed by atoms with E-state index in [2.05, 4.69) is 0 Å². The second-order valence-corrected chi connectivity index (χ2v) is 5.28. The Labute approximate surface area is 138 Å².